The monoisotopic (exact) mass is 189 g/mol. The van der Waals surface area contributed by atoms with Crippen molar-refractivity contribution in [3.8, 4) is 0 Å². The molecule has 0 aliphatic rings. The van der Waals surface area contributed by atoms with Crippen LogP contribution in [-0.2, 0) is 6.42 Å². The first-order chi connectivity index (χ1) is 6.74. The Labute approximate surface area is 84.6 Å². The molecule has 0 amide bonds. The highest BCUT2D eigenvalue weighted by molar-refractivity contribution is 5.79. The molecule has 0 bridgehead atoms. The zero-order valence-electron chi connectivity index (χ0n) is 8.57. The second kappa shape index (κ2) is 5.22. The molecular formula is C12H15NO. The van der Waals surface area contributed by atoms with Gasteiger partial charge < -0.3 is 5.21 Å². The van der Waals surface area contributed by atoms with Crippen molar-refractivity contribution in [2.75, 3.05) is 0 Å². The van der Waals surface area contributed by atoms with Gasteiger partial charge in [0, 0.05) is 0 Å². The Balaban J connectivity index is 2.82. The molecule has 0 aliphatic carbocycles. The van der Waals surface area contributed by atoms with Crippen LogP contribution in [0.25, 0.3) is 0 Å². The van der Waals surface area contributed by atoms with Gasteiger partial charge >= 0.3 is 0 Å². The molecule has 74 valence electrons. The summed E-state index contributed by atoms with van der Waals surface area (Å²) in [6.45, 7) is 4.03. The molecule has 1 aromatic carbocycles. The molecule has 2 nitrogen and oxygen atoms in total. The van der Waals surface area contributed by atoms with Crippen LogP contribution >= 0.6 is 0 Å². The Morgan fingerprint density at radius 1 is 1.29 bits per heavy atom. The van der Waals surface area contributed by atoms with Crippen LogP contribution in [0.1, 0.15) is 19.4 Å². The Morgan fingerprint density at radius 2 is 1.93 bits per heavy atom. The summed E-state index contributed by atoms with van der Waals surface area (Å²) in [5.74, 6) is 0. The standard InChI is InChI=1S/C12H15NO/c1-10(2)12(9-13-14)8-11-6-4-3-5-7-11/h3-7,9,14H,8H2,1-2H3/b13-9+. The molecule has 2 heteroatoms. The van der Waals surface area contributed by atoms with E-state index in [1.54, 1.807) is 0 Å². The first kappa shape index (κ1) is 10.5. The van der Waals surface area contributed by atoms with Gasteiger partial charge in [-0.15, -0.1) is 0 Å². The molecule has 0 aromatic heterocycles. The van der Waals surface area contributed by atoms with Gasteiger partial charge in [-0.1, -0.05) is 41.1 Å². The Hall–Kier alpha value is -1.57. The van der Waals surface area contributed by atoms with Crippen molar-refractivity contribution < 1.29 is 5.21 Å². The van der Waals surface area contributed by atoms with Crippen molar-refractivity contribution in [3.05, 3.63) is 47.0 Å². The summed E-state index contributed by atoms with van der Waals surface area (Å²) >= 11 is 0. The maximum atomic E-state index is 8.50. The Bertz CT molecular complexity index is 335. The molecule has 0 saturated carbocycles. The molecule has 0 radical (unpaired) electrons. The van der Waals surface area contributed by atoms with Crippen LogP contribution in [-0.4, -0.2) is 11.4 Å². The van der Waals surface area contributed by atoms with E-state index in [2.05, 4.69) is 17.3 Å². The van der Waals surface area contributed by atoms with E-state index in [-0.39, 0.29) is 0 Å². The highest BCUT2D eigenvalue weighted by atomic mass is 16.4. The number of benzene rings is 1. The smallest absolute Gasteiger partial charge is 0.0696 e. The first-order valence-corrected chi connectivity index (χ1v) is 4.61. The Kier molecular flexibility index (Phi) is 3.92. The fourth-order valence-corrected chi connectivity index (χ4v) is 1.24. The molecule has 0 atom stereocenters. The number of oxime groups is 1. The zero-order valence-corrected chi connectivity index (χ0v) is 8.57. The van der Waals surface area contributed by atoms with Crippen molar-refractivity contribution >= 4 is 6.21 Å². The minimum Gasteiger partial charge on any atom is -0.411 e. The molecular weight excluding hydrogens is 174 g/mol. The van der Waals surface area contributed by atoms with Crippen LogP contribution < -0.4 is 0 Å². The molecule has 0 heterocycles. The van der Waals surface area contributed by atoms with Crippen LogP contribution in [0.4, 0.5) is 0 Å². The average molecular weight is 189 g/mol. The largest absolute Gasteiger partial charge is 0.411 e. The van der Waals surface area contributed by atoms with Gasteiger partial charge in [-0.25, -0.2) is 0 Å². The molecule has 1 N–H and O–H groups in total. The fourth-order valence-electron chi connectivity index (χ4n) is 1.24. The van der Waals surface area contributed by atoms with E-state index in [4.69, 9.17) is 5.21 Å². The molecule has 14 heavy (non-hydrogen) atoms. The van der Waals surface area contributed by atoms with Crippen LogP contribution in [0.2, 0.25) is 0 Å². The quantitative estimate of drug-likeness (QED) is 0.442. The number of allylic oxidation sites excluding steroid dienone is 2. The van der Waals surface area contributed by atoms with E-state index in [0.29, 0.717) is 0 Å². The minimum atomic E-state index is 0.813. The number of hydrogen-bond acceptors (Lipinski definition) is 2. The molecule has 1 rings (SSSR count). The summed E-state index contributed by atoms with van der Waals surface area (Å²) in [4.78, 5) is 0. The molecule has 0 fully saturated rings. The van der Waals surface area contributed by atoms with E-state index in [1.165, 1.54) is 17.4 Å². The van der Waals surface area contributed by atoms with E-state index >= 15 is 0 Å². The van der Waals surface area contributed by atoms with Crippen LogP contribution in [0, 0.1) is 0 Å². The van der Waals surface area contributed by atoms with Gasteiger partial charge in [0.15, 0.2) is 0 Å². The van der Waals surface area contributed by atoms with Gasteiger partial charge in [-0.05, 0) is 31.4 Å². The lowest BCUT2D eigenvalue weighted by atomic mass is 10.0. The second-order valence-electron chi connectivity index (χ2n) is 3.43. The molecule has 0 spiro atoms. The third-order valence-electron chi connectivity index (χ3n) is 2.09. The van der Waals surface area contributed by atoms with E-state index in [9.17, 15) is 0 Å². The molecule has 0 aliphatic heterocycles. The van der Waals surface area contributed by atoms with Crippen molar-refractivity contribution in [1.29, 1.82) is 0 Å². The highest BCUT2D eigenvalue weighted by Crippen LogP contribution is 2.09. The first-order valence-electron chi connectivity index (χ1n) is 4.61. The number of nitrogens with zero attached hydrogens (tertiary/aromatic N) is 1. The highest BCUT2D eigenvalue weighted by Gasteiger charge is 1.98. The van der Waals surface area contributed by atoms with Gasteiger partial charge in [0.2, 0.25) is 0 Å². The SMILES string of the molecule is CC(C)=C(/C=N/O)Cc1ccccc1. The van der Waals surface area contributed by atoms with Crippen molar-refractivity contribution in [2.24, 2.45) is 5.16 Å². The van der Waals surface area contributed by atoms with Gasteiger partial charge in [0.05, 0.1) is 6.21 Å². The van der Waals surface area contributed by atoms with Crippen LogP contribution in [0.15, 0.2) is 46.6 Å². The normalized spacial score (nSPS) is 10.4. The zero-order chi connectivity index (χ0) is 10.4. The van der Waals surface area contributed by atoms with Gasteiger partial charge in [-0.2, -0.15) is 0 Å². The van der Waals surface area contributed by atoms with Crippen LogP contribution in [0.3, 0.4) is 0 Å². The second-order valence-corrected chi connectivity index (χ2v) is 3.43. The third kappa shape index (κ3) is 3.05. The van der Waals surface area contributed by atoms with E-state index < -0.39 is 0 Å². The minimum absolute atomic E-state index is 0.813. The summed E-state index contributed by atoms with van der Waals surface area (Å²) in [6.07, 6.45) is 2.32. The topological polar surface area (TPSA) is 32.6 Å². The number of hydrogen-bond donors (Lipinski definition) is 1. The van der Waals surface area contributed by atoms with Crippen molar-refractivity contribution in [1.82, 2.24) is 0 Å². The lowest BCUT2D eigenvalue weighted by Crippen LogP contribution is -1.94. The summed E-state index contributed by atoms with van der Waals surface area (Å²) in [5.41, 5.74) is 3.45. The lowest BCUT2D eigenvalue weighted by molar-refractivity contribution is 0.321. The molecule has 0 saturated heterocycles. The summed E-state index contributed by atoms with van der Waals surface area (Å²) in [5, 5.41) is 11.6. The molecule has 1 aromatic rings. The predicted octanol–water partition coefficient (Wildman–Crippen LogP) is 3.03. The average Bonchev–Trinajstić information content (AvgIpc) is 2.18. The maximum Gasteiger partial charge on any atom is 0.0696 e. The molecule has 0 unspecified atom stereocenters. The van der Waals surface area contributed by atoms with Gasteiger partial charge in [-0.3, -0.25) is 0 Å². The summed E-state index contributed by atoms with van der Waals surface area (Å²) in [6, 6.07) is 10.1. The maximum absolute atomic E-state index is 8.50. The fraction of sp³-hybridized carbons (Fsp3) is 0.250. The van der Waals surface area contributed by atoms with E-state index in [0.717, 1.165) is 12.0 Å². The number of rotatable bonds is 3. The van der Waals surface area contributed by atoms with Crippen LogP contribution in [0.5, 0.6) is 0 Å². The predicted molar refractivity (Wildman–Crippen MR) is 58.8 cm³/mol. The Morgan fingerprint density at radius 3 is 2.43 bits per heavy atom. The van der Waals surface area contributed by atoms with Gasteiger partial charge in [0.25, 0.3) is 0 Å². The van der Waals surface area contributed by atoms with Crippen molar-refractivity contribution in [2.45, 2.75) is 20.3 Å². The van der Waals surface area contributed by atoms with Crippen molar-refractivity contribution in [3.63, 3.8) is 0 Å². The van der Waals surface area contributed by atoms with Gasteiger partial charge in [0.1, 0.15) is 0 Å². The third-order valence-corrected chi connectivity index (χ3v) is 2.09. The summed E-state index contributed by atoms with van der Waals surface area (Å²) in [7, 11) is 0. The summed E-state index contributed by atoms with van der Waals surface area (Å²) < 4.78 is 0. The van der Waals surface area contributed by atoms with E-state index in [1.807, 2.05) is 32.0 Å². The lowest BCUT2D eigenvalue weighted by Gasteiger charge is -2.03.